The number of pyridine rings is 1. The van der Waals surface area contributed by atoms with Gasteiger partial charge in [0.15, 0.2) is 0 Å². The zero-order chi connectivity index (χ0) is 18.6. The molecular weight excluding hydrogens is 342 g/mol. The quantitative estimate of drug-likeness (QED) is 0.703. The number of carbonyl (C=O) groups excluding carboxylic acids is 1. The molecule has 3 aromatic rings. The van der Waals surface area contributed by atoms with Gasteiger partial charge in [-0.2, -0.15) is 5.10 Å². The molecule has 27 heavy (non-hydrogen) atoms. The van der Waals surface area contributed by atoms with E-state index < -0.39 is 0 Å². The van der Waals surface area contributed by atoms with Crippen LogP contribution in [0.2, 0.25) is 0 Å². The van der Waals surface area contributed by atoms with Crippen molar-refractivity contribution in [1.82, 2.24) is 20.1 Å². The first kappa shape index (κ1) is 17.1. The minimum atomic E-state index is -0.287. The van der Waals surface area contributed by atoms with Crippen LogP contribution in [0, 0.1) is 0 Å². The third kappa shape index (κ3) is 4.08. The van der Waals surface area contributed by atoms with E-state index in [9.17, 15) is 4.79 Å². The highest BCUT2D eigenvalue weighted by molar-refractivity contribution is 5.88. The zero-order valence-electron chi connectivity index (χ0n) is 15.1. The second kappa shape index (κ2) is 7.49. The van der Waals surface area contributed by atoms with Crippen molar-refractivity contribution in [3.05, 3.63) is 66.0 Å². The van der Waals surface area contributed by atoms with Crippen molar-refractivity contribution in [2.24, 2.45) is 0 Å². The summed E-state index contributed by atoms with van der Waals surface area (Å²) in [5.74, 6) is 1.68. The Kier molecular flexibility index (Phi) is 4.74. The third-order valence-corrected chi connectivity index (χ3v) is 4.43. The van der Waals surface area contributed by atoms with Gasteiger partial charge in [-0.1, -0.05) is 18.2 Å². The predicted octanol–water partition coefficient (Wildman–Crippen LogP) is 3.48. The number of hydrogen-bond acceptors (Lipinski definition) is 4. The Morgan fingerprint density at radius 3 is 2.78 bits per heavy atom. The van der Waals surface area contributed by atoms with Gasteiger partial charge in [-0.25, -0.2) is 14.5 Å². The second-order valence-corrected chi connectivity index (χ2v) is 6.49. The number of para-hydroxylation sites is 1. The number of anilines is 1. The molecule has 0 aliphatic heterocycles. The van der Waals surface area contributed by atoms with Crippen LogP contribution in [0.15, 0.2) is 54.7 Å². The predicted molar refractivity (Wildman–Crippen MR) is 102 cm³/mol. The summed E-state index contributed by atoms with van der Waals surface area (Å²) < 4.78 is 6.88. The SMILES string of the molecule is COc1cc(CNC(=O)Nc2cc(C3CC3)nn2-c2ccccc2)ccn1. The standard InChI is InChI=1S/C20H21N5O2/c1-27-19-11-14(9-10-21-19)13-22-20(26)23-18-12-17(15-7-8-15)24-25(18)16-5-3-2-4-6-16/h2-6,9-12,15H,7-8,13H2,1H3,(H2,22,23,26). The van der Waals surface area contributed by atoms with Crippen LogP contribution in [0.25, 0.3) is 5.69 Å². The number of benzene rings is 1. The molecule has 0 unspecified atom stereocenters. The lowest BCUT2D eigenvalue weighted by atomic mass is 10.2. The van der Waals surface area contributed by atoms with Gasteiger partial charge in [0.05, 0.1) is 18.5 Å². The van der Waals surface area contributed by atoms with Crippen molar-refractivity contribution in [2.75, 3.05) is 12.4 Å². The van der Waals surface area contributed by atoms with Gasteiger partial charge >= 0.3 is 6.03 Å². The van der Waals surface area contributed by atoms with E-state index in [0.717, 1.165) is 29.8 Å². The summed E-state index contributed by atoms with van der Waals surface area (Å²) >= 11 is 0. The van der Waals surface area contributed by atoms with Crippen LogP contribution >= 0.6 is 0 Å². The Morgan fingerprint density at radius 2 is 2.04 bits per heavy atom. The average molecular weight is 363 g/mol. The molecule has 138 valence electrons. The summed E-state index contributed by atoms with van der Waals surface area (Å²) in [6, 6.07) is 15.1. The molecule has 2 amide bonds. The molecule has 1 saturated carbocycles. The number of nitrogens with zero attached hydrogens (tertiary/aromatic N) is 3. The summed E-state index contributed by atoms with van der Waals surface area (Å²) in [6.07, 6.45) is 3.96. The summed E-state index contributed by atoms with van der Waals surface area (Å²) in [4.78, 5) is 16.5. The fourth-order valence-electron chi connectivity index (χ4n) is 2.85. The molecule has 7 heteroatoms. The molecule has 0 saturated heterocycles. The molecule has 2 heterocycles. The summed E-state index contributed by atoms with van der Waals surface area (Å²) in [6.45, 7) is 0.375. The number of rotatable bonds is 6. The lowest BCUT2D eigenvalue weighted by Crippen LogP contribution is -2.29. The Balaban J connectivity index is 1.47. The smallest absolute Gasteiger partial charge is 0.320 e. The van der Waals surface area contributed by atoms with Gasteiger partial charge in [-0.3, -0.25) is 5.32 Å². The Bertz CT molecular complexity index is 935. The molecule has 2 N–H and O–H groups in total. The van der Waals surface area contributed by atoms with Crippen molar-refractivity contribution in [2.45, 2.75) is 25.3 Å². The van der Waals surface area contributed by atoms with Gasteiger partial charge < -0.3 is 10.1 Å². The number of ether oxygens (including phenoxy) is 1. The third-order valence-electron chi connectivity index (χ3n) is 4.43. The number of methoxy groups -OCH3 is 1. The Morgan fingerprint density at radius 1 is 1.22 bits per heavy atom. The van der Waals surface area contributed by atoms with Crippen LogP contribution in [-0.4, -0.2) is 27.9 Å². The Labute approximate surface area is 157 Å². The molecule has 1 fully saturated rings. The fourth-order valence-corrected chi connectivity index (χ4v) is 2.85. The first-order valence-electron chi connectivity index (χ1n) is 8.92. The summed E-state index contributed by atoms with van der Waals surface area (Å²) in [5.41, 5.74) is 2.85. The van der Waals surface area contributed by atoms with Crippen LogP contribution in [0.5, 0.6) is 5.88 Å². The van der Waals surface area contributed by atoms with E-state index >= 15 is 0 Å². The van der Waals surface area contributed by atoms with E-state index in [-0.39, 0.29) is 6.03 Å². The van der Waals surface area contributed by atoms with Crippen LogP contribution < -0.4 is 15.4 Å². The second-order valence-electron chi connectivity index (χ2n) is 6.49. The maximum Gasteiger partial charge on any atom is 0.320 e. The lowest BCUT2D eigenvalue weighted by Gasteiger charge is -2.10. The highest BCUT2D eigenvalue weighted by Gasteiger charge is 2.28. The van der Waals surface area contributed by atoms with Gasteiger partial charge in [-0.05, 0) is 36.6 Å². The monoisotopic (exact) mass is 363 g/mol. The highest BCUT2D eigenvalue weighted by atomic mass is 16.5. The van der Waals surface area contributed by atoms with Gasteiger partial charge in [0.25, 0.3) is 0 Å². The Hall–Kier alpha value is -3.35. The molecule has 1 aromatic carbocycles. The van der Waals surface area contributed by atoms with Crippen LogP contribution in [0.1, 0.15) is 30.0 Å². The van der Waals surface area contributed by atoms with Crippen LogP contribution in [-0.2, 0) is 6.54 Å². The largest absolute Gasteiger partial charge is 0.481 e. The van der Waals surface area contributed by atoms with Gasteiger partial charge in [0.1, 0.15) is 5.82 Å². The normalized spacial score (nSPS) is 13.2. The van der Waals surface area contributed by atoms with Gasteiger partial charge in [0.2, 0.25) is 5.88 Å². The molecule has 1 aliphatic rings. The van der Waals surface area contributed by atoms with E-state index in [2.05, 4.69) is 20.7 Å². The zero-order valence-corrected chi connectivity index (χ0v) is 15.1. The molecule has 0 bridgehead atoms. The van der Waals surface area contributed by atoms with Gasteiger partial charge in [0, 0.05) is 30.8 Å². The maximum atomic E-state index is 12.4. The van der Waals surface area contributed by atoms with Gasteiger partial charge in [-0.15, -0.1) is 0 Å². The van der Waals surface area contributed by atoms with Crippen molar-refractivity contribution < 1.29 is 9.53 Å². The average Bonchev–Trinajstić information content (AvgIpc) is 3.48. The van der Waals surface area contributed by atoms with Crippen molar-refractivity contribution in [3.8, 4) is 11.6 Å². The lowest BCUT2D eigenvalue weighted by molar-refractivity contribution is 0.251. The highest BCUT2D eigenvalue weighted by Crippen LogP contribution is 2.40. The number of carbonyl (C=O) groups is 1. The molecule has 7 nitrogen and oxygen atoms in total. The van der Waals surface area contributed by atoms with Crippen LogP contribution in [0.4, 0.5) is 10.6 Å². The maximum absolute atomic E-state index is 12.4. The number of nitrogens with one attached hydrogen (secondary N) is 2. The molecule has 0 spiro atoms. The molecule has 0 radical (unpaired) electrons. The minimum Gasteiger partial charge on any atom is -0.481 e. The molecule has 1 aliphatic carbocycles. The summed E-state index contributed by atoms with van der Waals surface area (Å²) in [5, 5.41) is 10.5. The summed E-state index contributed by atoms with van der Waals surface area (Å²) in [7, 11) is 1.56. The molecule has 0 atom stereocenters. The first-order valence-corrected chi connectivity index (χ1v) is 8.92. The molecule has 2 aromatic heterocycles. The topological polar surface area (TPSA) is 81.1 Å². The van der Waals surface area contributed by atoms with Crippen molar-refractivity contribution in [1.29, 1.82) is 0 Å². The van der Waals surface area contributed by atoms with E-state index in [4.69, 9.17) is 4.74 Å². The van der Waals surface area contributed by atoms with Crippen molar-refractivity contribution >= 4 is 11.8 Å². The van der Waals surface area contributed by atoms with Crippen molar-refractivity contribution in [3.63, 3.8) is 0 Å². The number of aromatic nitrogens is 3. The number of amides is 2. The first-order chi connectivity index (χ1) is 13.2. The minimum absolute atomic E-state index is 0.287. The molecule has 4 rings (SSSR count). The number of urea groups is 1. The van der Waals surface area contributed by atoms with E-state index in [1.165, 1.54) is 0 Å². The fraction of sp³-hybridized carbons (Fsp3) is 0.250. The van der Waals surface area contributed by atoms with E-state index in [1.807, 2.05) is 42.5 Å². The number of hydrogen-bond donors (Lipinski definition) is 2. The van der Waals surface area contributed by atoms with E-state index in [1.54, 1.807) is 24.1 Å². The molecular formula is C20H21N5O2. The van der Waals surface area contributed by atoms with Crippen LogP contribution in [0.3, 0.4) is 0 Å². The van der Waals surface area contributed by atoms with E-state index in [0.29, 0.717) is 24.2 Å².